The van der Waals surface area contributed by atoms with Crippen molar-refractivity contribution in [3.05, 3.63) is 0 Å². The summed E-state index contributed by atoms with van der Waals surface area (Å²) >= 11 is 0. The van der Waals surface area contributed by atoms with Crippen LogP contribution in [-0.2, 0) is 4.79 Å². The molecule has 1 atom stereocenters. The van der Waals surface area contributed by atoms with Gasteiger partial charge in [0, 0.05) is 24.5 Å². The Morgan fingerprint density at radius 3 is 1.95 bits per heavy atom. The summed E-state index contributed by atoms with van der Waals surface area (Å²) in [6, 6.07) is 0.0531. The molecule has 0 saturated heterocycles. The van der Waals surface area contributed by atoms with Gasteiger partial charge in [-0.3, -0.25) is 4.79 Å². The summed E-state index contributed by atoms with van der Waals surface area (Å²) in [5.41, 5.74) is 5.59. The zero-order valence-electron chi connectivity index (χ0n) is 14.4. The van der Waals surface area contributed by atoms with Crippen molar-refractivity contribution >= 4 is 5.91 Å². The molecule has 120 valence electrons. The first kappa shape index (κ1) is 19.4. The molecule has 4 N–H and O–H groups in total. The highest BCUT2D eigenvalue weighted by Gasteiger charge is 2.21. The fourth-order valence-electron chi connectivity index (χ4n) is 2.48. The molecular weight excluding hydrogens is 250 g/mol. The highest BCUT2D eigenvalue weighted by molar-refractivity contribution is 5.77. The first-order valence-electron chi connectivity index (χ1n) is 7.81. The Kier molecular flexibility index (Phi) is 8.36. The van der Waals surface area contributed by atoms with E-state index in [1.165, 1.54) is 0 Å². The lowest BCUT2D eigenvalue weighted by atomic mass is 9.85. The van der Waals surface area contributed by atoms with E-state index in [0.29, 0.717) is 30.7 Å². The summed E-state index contributed by atoms with van der Waals surface area (Å²) in [6.45, 7) is 16.4. The number of hydrogen-bond acceptors (Lipinski definition) is 3. The molecular formula is C16H35N3O. The highest BCUT2D eigenvalue weighted by atomic mass is 16.1. The average Bonchev–Trinajstić information content (AvgIpc) is 2.23. The second kappa shape index (κ2) is 8.63. The Morgan fingerprint density at radius 2 is 1.60 bits per heavy atom. The number of hydrogen-bond donors (Lipinski definition) is 3. The van der Waals surface area contributed by atoms with Crippen molar-refractivity contribution in [1.82, 2.24) is 10.6 Å². The molecule has 4 nitrogen and oxygen atoms in total. The zero-order valence-corrected chi connectivity index (χ0v) is 14.4. The molecule has 0 rings (SSSR count). The quantitative estimate of drug-likeness (QED) is 0.640. The Hall–Kier alpha value is -0.610. The fraction of sp³-hybridized carbons (Fsp3) is 0.938. The molecule has 1 unspecified atom stereocenters. The molecule has 0 aromatic heterocycles. The molecule has 0 bridgehead atoms. The van der Waals surface area contributed by atoms with Crippen LogP contribution in [0.3, 0.4) is 0 Å². The van der Waals surface area contributed by atoms with E-state index in [1.54, 1.807) is 0 Å². The van der Waals surface area contributed by atoms with E-state index >= 15 is 0 Å². The number of carbonyl (C=O) groups excluding carboxylic acids is 1. The molecule has 20 heavy (non-hydrogen) atoms. The van der Waals surface area contributed by atoms with Crippen molar-refractivity contribution in [3.63, 3.8) is 0 Å². The minimum Gasteiger partial charge on any atom is -0.351 e. The fourth-order valence-corrected chi connectivity index (χ4v) is 2.48. The van der Waals surface area contributed by atoms with Crippen LogP contribution in [-0.4, -0.2) is 30.6 Å². The number of amides is 1. The third-order valence-electron chi connectivity index (χ3n) is 3.59. The van der Waals surface area contributed by atoms with Gasteiger partial charge in [-0.05, 0) is 45.1 Å². The third-order valence-corrected chi connectivity index (χ3v) is 3.59. The van der Waals surface area contributed by atoms with Gasteiger partial charge >= 0.3 is 0 Å². The summed E-state index contributed by atoms with van der Waals surface area (Å²) in [4.78, 5) is 11.9. The molecule has 0 radical (unpaired) electrons. The average molecular weight is 285 g/mol. The number of rotatable bonds is 8. The van der Waals surface area contributed by atoms with E-state index in [2.05, 4.69) is 38.3 Å². The minimum atomic E-state index is -0.186. The third kappa shape index (κ3) is 8.54. The lowest BCUT2D eigenvalue weighted by molar-refractivity contribution is -0.122. The highest BCUT2D eigenvalue weighted by Crippen LogP contribution is 2.19. The standard InChI is InChI=1S/C16H35N3O/c1-11(2)14(12(3)4)10-18-13(9-17)8-15(20)19-16(5,6)7/h11-14,18H,8-10,17H2,1-7H3,(H,19,20). The van der Waals surface area contributed by atoms with Crippen LogP contribution in [0.25, 0.3) is 0 Å². The second-order valence-electron chi connectivity index (χ2n) is 7.50. The van der Waals surface area contributed by atoms with Crippen LogP contribution in [0.15, 0.2) is 0 Å². The van der Waals surface area contributed by atoms with Crippen molar-refractivity contribution in [3.8, 4) is 0 Å². The van der Waals surface area contributed by atoms with Gasteiger partial charge in [-0.25, -0.2) is 0 Å². The van der Waals surface area contributed by atoms with Gasteiger partial charge in [0.1, 0.15) is 0 Å². The van der Waals surface area contributed by atoms with Gasteiger partial charge in [-0.2, -0.15) is 0 Å². The summed E-state index contributed by atoms with van der Waals surface area (Å²) in [7, 11) is 0. The molecule has 0 aliphatic heterocycles. The summed E-state index contributed by atoms with van der Waals surface area (Å²) in [5.74, 6) is 1.93. The Morgan fingerprint density at radius 1 is 1.10 bits per heavy atom. The topological polar surface area (TPSA) is 67.1 Å². The van der Waals surface area contributed by atoms with Crippen LogP contribution < -0.4 is 16.4 Å². The van der Waals surface area contributed by atoms with Crippen LogP contribution in [0.2, 0.25) is 0 Å². The normalized spacial score (nSPS) is 14.2. The maximum atomic E-state index is 11.9. The number of nitrogens with two attached hydrogens (primary N) is 1. The molecule has 0 fully saturated rings. The number of carbonyl (C=O) groups is 1. The van der Waals surface area contributed by atoms with Crippen LogP contribution >= 0.6 is 0 Å². The van der Waals surface area contributed by atoms with Crippen molar-refractivity contribution in [1.29, 1.82) is 0 Å². The summed E-state index contributed by atoms with van der Waals surface area (Å²) in [6.07, 6.45) is 0.441. The van der Waals surface area contributed by atoms with Gasteiger partial charge in [0.15, 0.2) is 0 Å². The maximum absolute atomic E-state index is 11.9. The lowest BCUT2D eigenvalue weighted by Gasteiger charge is -2.28. The van der Waals surface area contributed by atoms with Gasteiger partial charge in [-0.15, -0.1) is 0 Å². The van der Waals surface area contributed by atoms with E-state index in [1.807, 2.05) is 20.8 Å². The predicted octanol–water partition coefficient (Wildman–Crippen LogP) is 2.14. The van der Waals surface area contributed by atoms with Gasteiger partial charge < -0.3 is 16.4 Å². The van der Waals surface area contributed by atoms with Crippen LogP contribution in [0.5, 0.6) is 0 Å². The van der Waals surface area contributed by atoms with Crippen molar-refractivity contribution < 1.29 is 4.79 Å². The van der Waals surface area contributed by atoms with E-state index < -0.39 is 0 Å². The van der Waals surface area contributed by atoms with Gasteiger partial charge in [0.25, 0.3) is 0 Å². The van der Waals surface area contributed by atoms with E-state index in [4.69, 9.17) is 5.73 Å². The minimum absolute atomic E-state index is 0.0531. The van der Waals surface area contributed by atoms with Crippen molar-refractivity contribution in [2.45, 2.75) is 66.5 Å². The molecule has 1 amide bonds. The smallest absolute Gasteiger partial charge is 0.222 e. The monoisotopic (exact) mass is 285 g/mol. The first-order chi connectivity index (χ1) is 9.06. The SMILES string of the molecule is CC(C)C(CNC(CN)CC(=O)NC(C)(C)C)C(C)C. The van der Waals surface area contributed by atoms with Crippen LogP contribution in [0, 0.1) is 17.8 Å². The molecule has 0 aromatic carbocycles. The van der Waals surface area contributed by atoms with Crippen molar-refractivity contribution in [2.75, 3.05) is 13.1 Å². The molecule has 0 spiro atoms. The molecule has 0 heterocycles. The Bertz CT molecular complexity index is 274. The molecule has 0 aliphatic carbocycles. The summed E-state index contributed by atoms with van der Waals surface area (Å²) < 4.78 is 0. The largest absolute Gasteiger partial charge is 0.351 e. The maximum Gasteiger partial charge on any atom is 0.222 e. The van der Waals surface area contributed by atoms with E-state index in [9.17, 15) is 4.79 Å². The summed E-state index contributed by atoms with van der Waals surface area (Å²) in [5, 5.41) is 6.45. The number of nitrogens with one attached hydrogen (secondary N) is 2. The first-order valence-corrected chi connectivity index (χ1v) is 7.81. The Labute approximate surface area is 125 Å². The van der Waals surface area contributed by atoms with Gasteiger partial charge in [0.2, 0.25) is 5.91 Å². The second-order valence-corrected chi connectivity index (χ2v) is 7.50. The molecule has 0 aliphatic rings. The van der Waals surface area contributed by atoms with Gasteiger partial charge in [-0.1, -0.05) is 27.7 Å². The van der Waals surface area contributed by atoms with Gasteiger partial charge in [0.05, 0.1) is 0 Å². The zero-order chi connectivity index (χ0) is 15.9. The molecule has 4 heteroatoms. The lowest BCUT2D eigenvalue weighted by Crippen LogP contribution is -2.47. The van der Waals surface area contributed by atoms with Crippen LogP contribution in [0.1, 0.15) is 54.9 Å². The van der Waals surface area contributed by atoms with Crippen molar-refractivity contribution in [2.24, 2.45) is 23.5 Å². The van der Waals surface area contributed by atoms with Crippen LogP contribution in [0.4, 0.5) is 0 Å². The molecule has 0 saturated carbocycles. The van der Waals surface area contributed by atoms with E-state index in [-0.39, 0.29) is 17.5 Å². The molecule has 0 aromatic rings. The predicted molar refractivity (Wildman–Crippen MR) is 86.5 cm³/mol. The van der Waals surface area contributed by atoms with E-state index in [0.717, 1.165) is 6.54 Å². The Balaban J connectivity index is 4.31.